The summed E-state index contributed by atoms with van der Waals surface area (Å²) in [5.74, 6) is 0.859. The lowest BCUT2D eigenvalue weighted by molar-refractivity contribution is -0.102. The normalized spacial score (nSPS) is 27.2. The molecule has 0 unspecified atom stereocenters. The fourth-order valence-corrected chi connectivity index (χ4v) is 2.83. The summed E-state index contributed by atoms with van der Waals surface area (Å²) in [6, 6.07) is 0.729. The number of aliphatic imine (C=N–C) groups is 2. The van der Waals surface area contributed by atoms with E-state index in [-0.39, 0.29) is 0 Å². The van der Waals surface area contributed by atoms with Gasteiger partial charge in [-0.2, -0.15) is 0 Å². The fourth-order valence-electron chi connectivity index (χ4n) is 2.83. The van der Waals surface area contributed by atoms with E-state index in [0.717, 1.165) is 37.9 Å². The van der Waals surface area contributed by atoms with Gasteiger partial charge >= 0.3 is 0 Å². The Balaban J connectivity index is 0.000000204. The Hall–Kier alpha value is -1.28. The lowest BCUT2D eigenvalue weighted by Gasteiger charge is -2.22. The van der Waals surface area contributed by atoms with Crippen LogP contribution in [0.1, 0.15) is 64.7 Å². The number of hydrogen-bond acceptors (Lipinski definition) is 4. The van der Waals surface area contributed by atoms with Gasteiger partial charge in [-0.05, 0) is 44.4 Å². The van der Waals surface area contributed by atoms with Crippen LogP contribution >= 0.6 is 0 Å². The molecular weight excluding hydrogens is 252 g/mol. The van der Waals surface area contributed by atoms with Crippen LogP contribution in [0.25, 0.3) is 0 Å². The minimum Gasteiger partial charge on any atom is -0.297 e. The quantitative estimate of drug-likeness (QED) is 0.451. The summed E-state index contributed by atoms with van der Waals surface area (Å²) in [6.45, 7) is 2.28. The third kappa shape index (κ3) is 7.34. The average molecular weight is 278 g/mol. The summed E-state index contributed by atoms with van der Waals surface area (Å²) < 4.78 is 0. The van der Waals surface area contributed by atoms with Gasteiger partial charge < -0.3 is 0 Å². The van der Waals surface area contributed by atoms with Crippen LogP contribution in [0.3, 0.4) is 0 Å². The summed E-state index contributed by atoms with van der Waals surface area (Å²) in [7, 11) is 0. The standard InChI is InChI=1S/C9H15NO.C7H11NO/c1-8-2-4-9(5-3-8)10-6-7-11;9-6-8-7-4-2-1-3-5-7/h6-9H,2-5H2,1H3;7H,1-5H2. The van der Waals surface area contributed by atoms with Gasteiger partial charge in [0.05, 0.1) is 18.3 Å². The largest absolute Gasteiger partial charge is 0.297 e. The van der Waals surface area contributed by atoms with Crippen LogP contribution in [0.15, 0.2) is 9.98 Å². The Morgan fingerprint density at radius 3 is 2.15 bits per heavy atom. The first-order chi connectivity index (χ1) is 9.76. The van der Waals surface area contributed by atoms with Gasteiger partial charge in [0.15, 0.2) is 6.29 Å². The van der Waals surface area contributed by atoms with E-state index in [4.69, 9.17) is 0 Å². The summed E-state index contributed by atoms with van der Waals surface area (Å²) in [4.78, 5) is 27.6. The monoisotopic (exact) mass is 278 g/mol. The maximum absolute atomic E-state index is 9.96. The summed E-state index contributed by atoms with van der Waals surface area (Å²) in [6.07, 6.45) is 14.6. The third-order valence-corrected chi connectivity index (χ3v) is 4.15. The number of isocyanates is 1. The highest BCUT2D eigenvalue weighted by molar-refractivity contribution is 6.12. The van der Waals surface area contributed by atoms with Gasteiger partial charge in [0.1, 0.15) is 0 Å². The zero-order valence-electron chi connectivity index (χ0n) is 12.5. The van der Waals surface area contributed by atoms with E-state index in [1.165, 1.54) is 38.3 Å². The molecule has 2 aliphatic rings. The molecule has 0 bridgehead atoms. The number of carbonyl (C=O) groups excluding carboxylic acids is 2. The van der Waals surface area contributed by atoms with Crippen molar-refractivity contribution in [3.05, 3.63) is 0 Å². The van der Waals surface area contributed by atoms with Crippen molar-refractivity contribution in [1.29, 1.82) is 0 Å². The molecule has 0 aromatic rings. The smallest absolute Gasteiger partial charge is 0.235 e. The fraction of sp³-hybridized carbons (Fsp3) is 0.812. The van der Waals surface area contributed by atoms with Crippen LogP contribution < -0.4 is 0 Å². The number of rotatable bonds is 3. The predicted molar refractivity (Wildman–Crippen MR) is 81.0 cm³/mol. The van der Waals surface area contributed by atoms with Crippen LogP contribution in [0.4, 0.5) is 0 Å². The van der Waals surface area contributed by atoms with E-state index in [0.29, 0.717) is 12.1 Å². The molecule has 0 saturated heterocycles. The molecule has 2 saturated carbocycles. The number of aldehydes is 1. The van der Waals surface area contributed by atoms with Crippen molar-refractivity contribution in [2.45, 2.75) is 76.8 Å². The Labute approximate surface area is 121 Å². The molecule has 0 spiro atoms. The van der Waals surface area contributed by atoms with Crippen molar-refractivity contribution in [1.82, 2.24) is 0 Å². The first-order valence-electron chi connectivity index (χ1n) is 7.80. The molecule has 0 aromatic carbocycles. The van der Waals surface area contributed by atoms with Crippen LogP contribution in [-0.2, 0) is 9.59 Å². The molecule has 0 atom stereocenters. The molecule has 2 fully saturated rings. The zero-order valence-corrected chi connectivity index (χ0v) is 12.5. The Bertz CT molecular complexity index is 334. The maximum Gasteiger partial charge on any atom is 0.235 e. The molecule has 0 aromatic heterocycles. The van der Waals surface area contributed by atoms with E-state index in [9.17, 15) is 9.59 Å². The van der Waals surface area contributed by atoms with Crippen molar-refractivity contribution in [3.8, 4) is 0 Å². The minimum atomic E-state index is 0.302. The molecule has 0 heterocycles. The average Bonchev–Trinajstić information content (AvgIpc) is 2.49. The van der Waals surface area contributed by atoms with E-state index in [1.807, 2.05) is 0 Å². The molecule has 2 rings (SSSR count). The summed E-state index contributed by atoms with van der Waals surface area (Å²) >= 11 is 0. The Kier molecular flexibility index (Phi) is 8.81. The van der Waals surface area contributed by atoms with Crippen LogP contribution in [0.5, 0.6) is 0 Å². The molecule has 20 heavy (non-hydrogen) atoms. The molecular formula is C16H26N2O2. The van der Waals surface area contributed by atoms with Crippen LogP contribution in [-0.4, -0.2) is 30.7 Å². The lowest BCUT2D eigenvalue weighted by Crippen LogP contribution is -2.15. The maximum atomic E-state index is 9.96. The van der Waals surface area contributed by atoms with Crippen LogP contribution in [0, 0.1) is 5.92 Å². The van der Waals surface area contributed by atoms with Crippen molar-refractivity contribution in [3.63, 3.8) is 0 Å². The van der Waals surface area contributed by atoms with Gasteiger partial charge in [-0.25, -0.2) is 9.79 Å². The van der Waals surface area contributed by atoms with Gasteiger partial charge in [0.2, 0.25) is 6.08 Å². The molecule has 0 radical (unpaired) electrons. The molecule has 0 amide bonds. The van der Waals surface area contributed by atoms with Crippen molar-refractivity contribution in [2.75, 3.05) is 0 Å². The van der Waals surface area contributed by atoms with Crippen molar-refractivity contribution < 1.29 is 9.59 Å². The van der Waals surface area contributed by atoms with Crippen LogP contribution in [0.2, 0.25) is 0 Å². The molecule has 2 aliphatic carbocycles. The zero-order chi connectivity index (χ0) is 14.6. The van der Waals surface area contributed by atoms with Crippen molar-refractivity contribution >= 4 is 18.6 Å². The van der Waals surface area contributed by atoms with Gasteiger partial charge in [-0.3, -0.25) is 9.79 Å². The SMILES string of the molecule is CC1CCC(N=CC=O)CC1.O=C=NC1CCCCC1. The van der Waals surface area contributed by atoms with Gasteiger partial charge in [-0.15, -0.1) is 0 Å². The predicted octanol–water partition coefficient (Wildman–Crippen LogP) is 3.49. The van der Waals surface area contributed by atoms with E-state index < -0.39 is 0 Å². The molecule has 0 N–H and O–H groups in total. The van der Waals surface area contributed by atoms with Gasteiger partial charge in [-0.1, -0.05) is 26.2 Å². The van der Waals surface area contributed by atoms with E-state index >= 15 is 0 Å². The molecule has 112 valence electrons. The summed E-state index contributed by atoms with van der Waals surface area (Å²) in [5.41, 5.74) is 0. The van der Waals surface area contributed by atoms with Gasteiger partial charge in [0.25, 0.3) is 0 Å². The van der Waals surface area contributed by atoms with Gasteiger partial charge in [0, 0.05) is 0 Å². The second kappa shape index (κ2) is 10.5. The highest BCUT2D eigenvalue weighted by atomic mass is 16.1. The summed E-state index contributed by atoms with van der Waals surface area (Å²) in [5, 5.41) is 0. The van der Waals surface area contributed by atoms with E-state index in [1.54, 1.807) is 6.08 Å². The second-order valence-electron chi connectivity index (χ2n) is 5.86. The first-order valence-corrected chi connectivity index (χ1v) is 7.80. The van der Waals surface area contributed by atoms with Crippen molar-refractivity contribution in [2.24, 2.45) is 15.9 Å². The highest BCUT2D eigenvalue weighted by Crippen LogP contribution is 2.25. The highest BCUT2D eigenvalue weighted by Gasteiger charge is 2.16. The molecule has 4 nitrogen and oxygen atoms in total. The first kappa shape index (κ1) is 16.8. The molecule has 4 heteroatoms. The Morgan fingerprint density at radius 2 is 1.60 bits per heavy atom. The molecule has 0 aliphatic heterocycles. The third-order valence-electron chi connectivity index (χ3n) is 4.15. The van der Waals surface area contributed by atoms with E-state index in [2.05, 4.69) is 16.9 Å². The number of nitrogens with zero attached hydrogens (tertiary/aromatic N) is 2. The second-order valence-corrected chi connectivity index (χ2v) is 5.86. The lowest BCUT2D eigenvalue weighted by atomic mass is 9.88. The number of carbonyl (C=O) groups is 1. The topological polar surface area (TPSA) is 58.9 Å². The minimum absolute atomic E-state index is 0.302. The number of hydrogen-bond donors (Lipinski definition) is 0. The Morgan fingerprint density at radius 1 is 0.950 bits per heavy atom.